The maximum atomic E-state index is 11.5. The van der Waals surface area contributed by atoms with Gasteiger partial charge in [0.15, 0.2) is 5.65 Å². The molecule has 1 atom stereocenters. The monoisotopic (exact) mass is 234 g/mol. The van der Waals surface area contributed by atoms with Crippen molar-refractivity contribution in [3.8, 4) is 0 Å². The summed E-state index contributed by atoms with van der Waals surface area (Å²) in [6, 6.07) is 1.31. The Hall–Kier alpha value is -2.11. The Morgan fingerprint density at radius 2 is 2.29 bits per heavy atom. The van der Waals surface area contributed by atoms with E-state index in [4.69, 9.17) is 10.5 Å². The lowest BCUT2D eigenvalue weighted by Crippen LogP contribution is -2.19. The number of pyridine rings is 1. The zero-order chi connectivity index (χ0) is 12.6. The van der Waals surface area contributed by atoms with E-state index in [1.165, 1.54) is 7.11 Å². The normalized spacial score (nSPS) is 12.6. The molecule has 0 fully saturated rings. The van der Waals surface area contributed by atoms with E-state index in [0.717, 1.165) is 5.56 Å². The Kier molecular flexibility index (Phi) is 2.71. The van der Waals surface area contributed by atoms with Crippen LogP contribution in [0.15, 0.2) is 12.3 Å². The number of hydrogen-bond acceptors (Lipinski definition) is 5. The molecule has 0 aliphatic carbocycles. The van der Waals surface area contributed by atoms with E-state index >= 15 is 0 Å². The molecule has 0 aliphatic rings. The van der Waals surface area contributed by atoms with Gasteiger partial charge in [0, 0.05) is 6.20 Å². The largest absolute Gasteiger partial charge is 0.467 e. The van der Waals surface area contributed by atoms with Crippen molar-refractivity contribution in [1.29, 1.82) is 0 Å². The summed E-state index contributed by atoms with van der Waals surface area (Å²) in [6.07, 6.45) is 1.67. The molecule has 0 saturated heterocycles. The van der Waals surface area contributed by atoms with Crippen LogP contribution in [0.1, 0.15) is 18.5 Å². The van der Waals surface area contributed by atoms with Crippen LogP contribution in [0.25, 0.3) is 11.2 Å². The van der Waals surface area contributed by atoms with Crippen LogP contribution >= 0.6 is 0 Å². The van der Waals surface area contributed by atoms with Gasteiger partial charge in [-0.15, -0.1) is 0 Å². The second kappa shape index (κ2) is 4.04. The Balaban J connectivity index is 2.65. The Bertz CT molecular complexity index is 576. The van der Waals surface area contributed by atoms with Gasteiger partial charge in [0.05, 0.1) is 7.11 Å². The number of anilines is 1. The number of nitrogens with two attached hydrogens (primary N) is 1. The van der Waals surface area contributed by atoms with Crippen molar-refractivity contribution in [2.24, 2.45) is 0 Å². The SMILES string of the molecule is COC(=O)C(C)n1c(N)nc2c(C)ccnc21. The van der Waals surface area contributed by atoms with Crippen LogP contribution in [-0.4, -0.2) is 27.6 Å². The Labute approximate surface area is 98.4 Å². The average Bonchev–Trinajstić information content (AvgIpc) is 2.65. The molecule has 0 saturated carbocycles. The molecule has 0 bridgehead atoms. The van der Waals surface area contributed by atoms with Gasteiger partial charge >= 0.3 is 5.97 Å². The van der Waals surface area contributed by atoms with Gasteiger partial charge in [-0.1, -0.05) is 0 Å². The number of methoxy groups -OCH3 is 1. The first-order valence-electron chi connectivity index (χ1n) is 5.23. The molecule has 0 aliphatic heterocycles. The highest BCUT2D eigenvalue weighted by atomic mass is 16.5. The molecule has 90 valence electrons. The van der Waals surface area contributed by atoms with Gasteiger partial charge in [0.25, 0.3) is 0 Å². The van der Waals surface area contributed by atoms with Crippen molar-refractivity contribution >= 4 is 23.1 Å². The van der Waals surface area contributed by atoms with Gasteiger partial charge in [0.2, 0.25) is 5.95 Å². The maximum absolute atomic E-state index is 11.5. The number of esters is 1. The molecule has 2 aromatic heterocycles. The van der Waals surface area contributed by atoms with Gasteiger partial charge < -0.3 is 10.5 Å². The summed E-state index contributed by atoms with van der Waals surface area (Å²) in [5, 5.41) is 0. The summed E-state index contributed by atoms with van der Waals surface area (Å²) >= 11 is 0. The third-order valence-corrected chi connectivity index (χ3v) is 2.74. The molecular formula is C11H14N4O2. The summed E-state index contributed by atoms with van der Waals surface area (Å²) in [6.45, 7) is 3.62. The standard InChI is InChI=1S/C11H14N4O2/c1-6-4-5-13-9-8(6)14-11(12)15(9)7(2)10(16)17-3/h4-5,7H,1-3H3,(H2,12,14). The van der Waals surface area contributed by atoms with Gasteiger partial charge in [0.1, 0.15) is 11.6 Å². The first-order valence-corrected chi connectivity index (χ1v) is 5.23. The highest BCUT2D eigenvalue weighted by molar-refractivity contribution is 5.82. The molecule has 0 spiro atoms. The quantitative estimate of drug-likeness (QED) is 0.785. The van der Waals surface area contributed by atoms with Crippen molar-refractivity contribution in [3.63, 3.8) is 0 Å². The smallest absolute Gasteiger partial charge is 0.328 e. The number of nitrogens with zero attached hydrogens (tertiary/aromatic N) is 3. The number of ether oxygens (including phenoxy) is 1. The first kappa shape index (κ1) is 11.4. The number of fused-ring (bicyclic) bond motifs is 1. The molecule has 1 unspecified atom stereocenters. The molecule has 2 rings (SSSR count). The topological polar surface area (TPSA) is 83.0 Å². The molecule has 2 aromatic rings. The third kappa shape index (κ3) is 1.71. The number of carbonyl (C=O) groups is 1. The predicted molar refractivity (Wildman–Crippen MR) is 63.4 cm³/mol. The minimum absolute atomic E-state index is 0.264. The van der Waals surface area contributed by atoms with E-state index in [2.05, 4.69) is 9.97 Å². The minimum Gasteiger partial charge on any atom is -0.467 e. The molecule has 6 nitrogen and oxygen atoms in total. The van der Waals surface area contributed by atoms with Crippen molar-refractivity contribution in [2.75, 3.05) is 12.8 Å². The summed E-state index contributed by atoms with van der Waals surface area (Å²) < 4.78 is 6.28. The zero-order valence-corrected chi connectivity index (χ0v) is 9.97. The molecule has 0 radical (unpaired) electrons. The lowest BCUT2D eigenvalue weighted by Gasteiger charge is -2.12. The van der Waals surface area contributed by atoms with Crippen molar-refractivity contribution in [3.05, 3.63) is 17.8 Å². The number of rotatable bonds is 2. The third-order valence-electron chi connectivity index (χ3n) is 2.74. The van der Waals surface area contributed by atoms with Crippen molar-refractivity contribution in [2.45, 2.75) is 19.9 Å². The van der Waals surface area contributed by atoms with Gasteiger partial charge in [-0.2, -0.15) is 0 Å². The van der Waals surface area contributed by atoms with E-state index in [1.54, 1.807) is 17.7 Å². The van der Waals surface area contributed by atoms with Crippen LogP contribution in [-0.2, 0) is 9.53 Å². The van der Waals surface area contributed by atoms with Gasteiger partial charge in [-0.25, -0.2) is 14.8 Å². The lowest BCUT2D eigenvalue weighted by atomic mass is 10.2. The summed E-state index contributed by atoms with van der Waals surface area (Å²) in [5.74, 6) is -0.112. The fourth-order valence-corrected chi connectivity index (χ4v) is 1.79. The summed E-state index contributed by atoms with van der Waals surface area (Å²) in [5.41, 5.74) is 8.10. The molecule has 2 N–H and O–H groups in total. The van der Waals surface area contributed by atoms with E-state index in [1.807, 2.05) is 13.0 Å². The van der Waals surface area contributed by atoms with E-state index in [-0.39, 0.29) is 11.9 Å². The number of aryl methyl sites for hydroxylation is 1. The number of carbonyl (C=O) groups excluding carboxylic acids is 1. The fourth-order valence-electron chi connectivity index (χ4n) is 1.79. The van der Waals surface area contributed by atoms with Gasteiger partial charge in [-0.05, 0) is 25.5 Å². The maximum Gasteiger partial charge on any atom is 0.328 e. The van der Waals surface area contributed by atoms with Crippen LogP contribution in [0.3, 0.4) is 0 Å². The molecule has 2 heterocycles. The zero-order valence-electron chi connectivity index (χ0n) is 9.97. The second-order valence-corrected chi connectivity index (χ2v) is 3.84. The van der Waals surface area contributed by atoms with Gasteiger partial charge in [-0.3, -0.25) is 4.57 Å². The van der Waals surface area contributed by atoms with Crippen LogP contribution in [0.2, 0.25) is 0 Å². The number of aromatic nitrogens is 3. The molecule has 6 heteroatoms. The average molecular weight is 234 g/mol. The molecule has 17 heavy (non-hydrogen) atoms. The summed E-state index contributed by atoms with van der Waals surface area (Å²) in [7, 11) is 1.34. The fraction of sp³-hybridized carbons (Fsp3) is 0.364. The molecular weight excluding hydrogens is 220 g/mol. The van der Waals surface area contributed by atoms with Crippen LogP contribution < -0.4 is 5.73 Å². The van der Waals surface area contributed by atoms with Crippen LogP contribution in [0.5, 0.6) is 0 Å². The predicted octanol–water partition coefficient (Wildman–Crippen LogP) is 1.06. The lowest BCUT2D eigenvalue weighted by molar-refractivity contribution is -0.143. The Morgan fingerprint density at radius 3 is 2.94 bits per heavy atom. The van der Waals surface area contributed by atoms with E-state index < -0.39 is 6.04 Å². The number of hydrogen-bond donors (Lipinski definition) is 1. The summed E-state index contributed by atoms with van der Waals surface area (Å²) in [4.78, 5) is 20.0. The molecule has 0 aromatic carbocycles. The van der Waals surface area contributed by atoms with Crippen molar-refractivity contribution in [1.82, 2.24) is 14.5 Å². The molecule has 0 amide bonds. The number of nitrogen functional groups attached to an aromatic ring is 1. The first-order chi connectivity index (χ1) is 8.06. The Morgan fingerprint density at radius 1 is 1.59 bits per heavy atom. The van der Waals surface area contributed by atoms with E-state index in [9.17, 15) is 4.79 Å². The van der Waals surface area contributed by atoms with Crippen LogP contribution in [0.4, 0.5) is 5.95 Å². The minimum atomic E-state index is -0.542. The second-order valence-electron chi connectivity index (χ2n) is 3.84. The highest BCUT2D eigenvalue weighted by Gasteiger charge is 2.22. The van der Waals surface area contributed by atoms with Crippen molar-refractivity contribution < 1.29 is 9.53 Å². The van der Waals surface area contributed by atoms with E-state index in [0.29, 0.717) is 11.2 Å². The highest BCUT2D eigenvalue weighted by Crippen LogP contribution is 2.23. The number of imidazole rings is 1. The van der Waals surface area contributed by atoms with Crippen LogP contribution in [0, 0.1) is 6.92 Å².